The molecule has 0 atom stereocenters. The van der Waals surface area contributed by atoms with E-state index >= 15 is 0 Å². The predicted molar refractivity (Wildman–Crippen MR) is 272 cm³/mol. The normalized spacial score (nSPS) is 11.0. The van der Waals surface area contributed by atoms with Crippen LogP contribution in [0.2, 0.25) is 0 Å². The minimum Gasteiger partial charge on any atom is -0.246 e. The number of rotatable bonds is 10. The summed E-state index contributed by atoms with van der Waals surface area (Å²) in [6.07, 6.45) is 0. The quantitative estimate of drug-likeness (QED) is 0.138. The monoisotopic (exact) mass is 842 g/mol. The Labute approximate surface area is 385 Å². The van der Waals surface area contributed by atoms with Gasteiger partial charge in [-0.05, 0) is 57.1 Å². The topological polar surface area (TPSA) is 51.6 Å². The summed E-state index contributed by atoms with van der Waals surface area (Å²) in [5.41, 5.74) is 17.3. The molecule has 0 aliphatic rings. The Hall–Kier alpha value is -8.86. The molecule has 4 nitrogen and oxygen atoms in total. The lowest BCUT2D eigenvalue weighted by atomic mass is 9.83. The molecular weight excluding hydrogens is 801 g/mol. The summed E-state index contributed by atoms with van der Waals surface area (Å²) in [4.78, 5) is 21.5. The minimum absolute atomic E-state index is 0.579. The first kappa shape index (κ1) is 40.0. The highest BCUT2D eigenvalue weighted by molar-refractivity contribution is 6.05. The second-order valence-electron chi connectivity index (χ2n) is 16.2. The maximum absolute atomic E-state index is 5.65. The number of nitrogens with zero attached hydrogens (tertiary/aromatic N) is 4. The SMILES string of the molecule is c1ccc(-c2cccc(-c3nc(-c4cccc(-c5ccccc5)c4)nc(-c4cccc(-c5c(-c6ccccc6)c(-c6ccccc6)nc(-c6ccccc6)c5-c5ccccc5)c4)n3)c2)cc1. The van der Waals surface area contributed by atoms with E-state index in [0.29, 0.717) is 17.5 Å². The van der Waals surface area contributed by atoms with Crippen LogP contribution in [0.5, 0.6) is 0 Å². The van der Waals surface area contributed by atoms with Crippen molar-refractivity contribution in [2.45, 2.75) is 0 Å². The molecule has 11 aromatic rings. The zero-order valence-corrected chi connectivity index (χ0v) is 36.0. The molecule has 0 N–H and O–H groups in total. The molecule has 0 aliphatic heterocycles. The van der Waals surface area contributed by atoms with Crippen molar-refractivity contribution < 1.29 is 0 Å². The van der Waals surface area contributed by atoms with Gasteiger partial charge in [-0.2, -0.15) is 0 Å². The molecule has 0 aliphatic carbocycles. The van der Waals surface area contributed by atoms with Gasteiger partial charge in [-0.15, -0.1) is 0 Å². The third-order valence-electron chi connectivity index (χ3n) is 11.9. The molecule has 9 aromatic carbocycles. The van der Waals surface area contributed by atoms with E-state index in [-0.39, 0.29) is 0 Å². The van der Waals surface area contributed by atoms with Crippen LogP contribution in [0.4, 0.5) is 0 Å². The maximum atomic E-state index is 5.65. The molecular formula is C62H42N4. The van der Waals surface area contributed by atoms with Gasteiger partial charge < -0.3 is 0 Å². The highest BCUT2D eigenvalue weighted by Crippen LogP contribution is 2.49. The standard InChI is InChI=1S/C62H42N4/c1-7-22-43(23-8-1)49-34-19-37-52(40-49)60-64-61(53-38-20-35-50(41-53)44-24-9-2-10-25-44)66-62(65-60)54-39-21-36-51(42-54)55-56(45-26-11-3-12-27-45)58(47-30-15-5-16-31-47)63-59(48-32-17-6-18-33-48)57(55)46-28-13-4-14-29-46/h1-42H. The third-order valence-corrected chi connectivity index (χ3v) is 11.9. The van der Waals surface area contributed by atoms with Crippen molar-refractivity contribution in [2.24, 2.45) is 0 Å². The van der Waals surface area contributed by atoms with Crippen LogP contribution in [0.1, 0.15) is 0 Å². The Balaban J connectivity index is 1.17. The van der Waals surface area contributed by atoms with Crippen LogP contribution in [0.25, 0.3) is 112 Å². The largest absolute Gasteiger partial charge is 0.246 e. The molecule has 310 valence electrons. The van der Waals surface area contributed by atoms with E-state index in [2.05, 4.69) is 243 Å². The van der Waals surface area contributed by atoms with Crippen LogP contribution < -0.4 is 0 Å². The molecule has 66 heavy (non-hydrogen) atoms. The van der Waals surface area contributed by atoms with Gasteiger partial charge in [0.25, 0.3) is 0 Å². The van der Waals surface area contributed by atoms with Crippen LogP contribution in [0.3, 0.4) is 0 Å². The molecule has 0 bridgehead atoms. The fraction of sp³-hybridized carbons (Fsp3) is 0. The van der Waals surface area contributed by atoms with Crippen molar-refractivity contribution in [1.29, 1.82) is 0 Å². The Morgan fingerprint density at radius 1 is 0.167 bits per heavy atom. The van der Waals surface area contributed by atoms with Crippen LogP contribution in [0, 0.1) is 0 Å². The molecule has 0 amide bonds. The molecule has 11 rings (SSSR count). The summed E-state index contributed by atoms with van der Waals surface area (Å²) < 4.78 is 0. The first-order valence-corrected chi connectivity index (χ1v) is 22.2. The summed E-state index contributed by atoms with van der Waals surface area (Å²) in [6.45, 7) is 0. The highest BCUT2D eigenvalue weighted by atomic mass is 15.0. The number of hydrogen-bond acceptors (Lipinski definition) is 4. The molecule has 0 saturated heterocycles. The molecule has 0 radical (unpaired) electrons. The first-order valence-electron chi connectivity index (χ1n) is 22.2. The van der Waals surface area contributed by atoms with Gasteiger partial charge in [-0.25, -0.2) is 19.9 Å². The average molecular weight is 843 g/mol. The van der Waals surface area contributed by atoms with E-state index in [4.69, 9.17) is 19.9 Å². The highest BCUT2D eigenvalue weighted by Gasteiger charge is 2.26. The summed E-state index contributed by atoms with van der Waals surface area (Å²) in [5, 5.41) is 0. The number of aromatic nitrogens is 4. The number of benzene rings is 9. The van der Waals surface area contributed by atoms with E-state index in [0.717, 1.165) is 94.8 Å². The van der Waals surface area contributed by atoms with Crippen LogP contribution in [-0.2, 0) is 0 Å². The van der Waals surface area contributed by atoms with Crippen molar-refractivity contribution in [1.82, 2.24) is 19.9 Å². The molecule has 2 heterocycles. The van der Waals surface area contributed by atoms with Crippen LogP contribution >= 0.6 is 0 Å². The van der Waals surface area contributed by atoms with E-state index < -0.39 is 0 Å². The lowest BCUT2D eigenvalue weighted by Crippen LogP contribution is -2.02. The summed E-state index contributed by atoms with van der Waals surface area (Å²) >= 11 is 0. The second-order valence-corrected chi connectivity index (χ2v) is 16.2. The Kier molecular flexibility index (Phi) is 10.9. The van der Waals surface area contributed by atoms with Gasteiger partial charge in [0.2, 0.25) is 0 Å². The number of hydrogen-bond donors (Lipinski definition) is 0. The summed E-state index contributed by atoms with van der Waals surface area (Å²) in [6, 6.07) is 88.8. The van der Waals surface area contributed by atoms with E-state index in [1.807, 2.05) is 12.1 Å². The molecule has 2 aromatic heterocycles. The van der Waals surface area contributed by atoms with Gasteiger partial charge in [0.15, 0.2) is 17.5 Å². The van der Waals surface area contributed by atoms with Crippen LogP contribution in [0.15, 0.2) is 255 Å². The molecule has 0 fully saturated rings. The fourth-order valence-corrected chi connectivity index (χ4v) is 8.77. The predicted octanol–water partition coefficient (Wildman–Crippen LogP) is 15.9. The minimum atomic E-state index is 0.579. The Morgan fingerprint density at radius 3 is 0.773 bits per heavy atom. The van der Waals surface area contributed by atoms with E-state index in [1.165, 1.54) is 0 Å². The van der Waals surface area contributed by atoms with Crippen molar-refractivity contribution in [3.63, 3.8) is 0 Å². The van der Waals surface area contributed by atoms with Gasteiger partial charge in [0.1, 0.15) is 0 Å². The zero-order valence-electron chi connectivity index (χ0n) is 36.0. The lowest BCUT2D eigenvalue weighted by Gasteiger charge is -2.23. The summed E-state index contributed by atoms with van der Waals surface area (Å²) in [7, 11) is 0. The van der Waals surface area contributed by atoms with Gasteiger partial charge in [-0.3, -0.25) is 0 Å². The van der Waals surface area contributed by atoms with Crippen LogP contribution in [-0.4, -0.2) is 19.9 Å². The van der Waals surface area contributed by atoms with E-state index in [9.17, 15) is 0 Å². The van der Waals surface area contributed by atoms with Crippen molar-refractivity contribution in [3.05, 3.63) is 255 Å². The molecule has 0 unspecified atom stereocenters. The van der Waals surface area contributed by atoms with Crippen molar-refractivity contribution >= 4 is 0 Å². The zero-order chi connectivity index (χ0) is 44.1. The molecule has 0 saturated carbocycles. The fourth-order valence-electron chi connectivity index (χ4n) is 8.77. The smallest absolute Gasteiger partial charge is 0.164 e. The summed E-state index contributed by atoms with van der Waals surface area (Å²) in [5.74, 6) is 1.77. The van der Waals surface area contributed by atoms with Gasteiger partial charge in [0.05, 0.1) is 11.4 Å². The first-order chi connectivity index (χ1) is 32.7. The Bertz CT molecular complexity index is 3230. The maximum Gasteiger partial charge on any atom is 0.164 e. The van der Waals surface area contributed by atoms with E-state index in [1.54, 1.807) is 0 Å². The third kappa shape index (κ3) is 8.11. The van der Waals surface area contributed by atoms with Crippen molar-refractivity contribution in [2.75, 3.05) is 0 Å². The van der Waals surface area contributed by atoms with Crippen molar-refractivity contribution in [3.8, 4) is 112 Å². The molecule has 4 heteroatoms. The van der Waals surface area contributed by atoms with Gasteiger partial charge in [0, 0.05) is 44.5 Å². The number of pyridine rings is 1. The second kappa shape index (κ2) is 18.1. The molecule has 0 spiro atoms. The van der Waals surface area contributed by atoms with Gasteiger partial charge >= 0.3 is 0 Å². The average Bonchev–Trinajstić information content (AvgIpc) is 3.41. The lowest BCUT2D eigenvalue weighted by molar-refractivity contribution is 1.07. The van der Waals surface area contributed by atoms with Gasteiger partial charge in [-0.1, -0.05) is 237 Å². The Morgan fingerprint density at radius 2 is 0.424 bits per heavy atom.